The molecule has 1 aliphatic heterocycles. The van der Waals surface area contributed by atoms with Gasteiger partial charge in [0.2, 0.25) is 0 Å². The third kappa shape index (κ3) is 6.33. The summed E-state index contributed by atoms with van der Waals surface area (Å²) < 4.78 is 23.5. The minimum Gasteiger partial charge on any atom is -0.481 e. The van der Waals surface area contributed by atoms with Gasteiger partial charge >= 0.3 is 12.0 Å². The molecule has 1 saturated heterocycles. The molecule has 26 heavy (non-hydrogen) atoms. The van der Waals surface area contributed by atoms with Gasteiger partial charge in [0.05, 0.1) is 5.25 Å². The zero-order valence-corrected chi connectivity index (χ0v) is 15.7. The molecule has 144 valence electrons. The van der Waals surface area contributed by atoms with Crippen molar-refractivity contribution in [2.24, 2.45) is 0 Å². The van der Waals surface area contributed by atoms with Gasteiger partial charge in [-0.1, -0.05) is 30.3 Å². The van der Waals surface area contributed by atoms with Crippen molar-refractivity contribution in [3.8, 4) is 0 Å². The van der Waals surface area contributed by atoms with Crippen molar-refractivity contribution in [1.29, 1.82) is 0 Å². The Balaban J connectivity index is 2.01. The van der Waals surface area contributed by atoms with Gasteiger partial charge in [0.15, 0.2) is 9.84 Å². The highest BCUT2D eigenvalue weighted by molar-refractivity contribution is 7.91. The number of urea groups is 1. The molecule has 1 aromatic carbocycles. The molecule has 1 aliphatic rings. The van der Waals surface area contributed by atoms with Gasteiger partial charge in [0.1, 0.15) is 0 Å². The Labute approximate surface area is 154 Å². The van der Waals surface area contributed by atoms with Crippen molar-refractivity contribution in [3.05, 3.63) is 35.9 Å². The Hall–Kier alpha value is -2.09. The first kappa shape index (κ1) is 20.2. The number of likely N-dealkylation sites (tertiary alicyclic amines) is 1. The van der Waals surface area contributed by atoms with Gasteiger partial charge in [-0.3, -0.25) is 4.79 Å². The lowest BCUT2D eigenvalue weighted by molar-refractivity contribution is -0.137. The fraction of sp³-hybridized carbons (Fsp3) is 0.556. The van der Waals surface area contributed by atoms with Crippen molar-refractivity contribution >= 4 is 21.8 Å². The van der Waals surface area contributed by atoms with Crippen LogP contribution in [-0.2, 0) is 21.1 Å². The minimum atomic E-state index is -3.19. The highest BCUT2D eigenvalue weighted by Crippen LogP contribution is 2.17. The molecule has 1 aromatic rings. The Bertz CT molecular complexity index is 720. The lowest BCUT2D eigenvalue weighted by atomic mass is 10.0. The van der Waals surface area contributed by atoms with Gasteiger partial charge in [-0.2, -0.15) is 0 Å². The third-order valence-electron chi connectivity index (χ3n) is 4.63. The number of amides is 2. The van der Waals surface area contributed by atoms with E-state index in [4.69, 9.17) is 5.11 Å². The number of piperidine rings is 1. The highest BCUT2D eigenvalue weighted by atomic mass is 32.2. The standard InChI is InChI=1S/C18H26N2O5S/c1-26(24,25)16-8-5-11-20(13-16)18(23)19-15(9-10-17(21)22)12-14-6-3-2-4-7-14/h2-4,6-7,15-16H,5,8-13H2,1H3,(H,19,23)(H,21,22). The molecule has 0 spiro atoms. The normalized spacial score (nSPS) is 19.0. The van der Waals surface area contributed by atoms with Crippen LogP contribution in [0.15, 0.2) is 30.3 Å². The van der Waals surface area contributed by atoms with Gasteiger partial charge in [-0.05, 0) is 31.2 Å². The van der Waals surface area contributed by atoms with E-state index < -0.39 is 21.1 Å². The van der Waals surface area contributed by atoms with Crippen molar-refractivity contribution in [3.63, 3.8) is 0 Å². The number of carboxylic acid groups (broad SMARTS) is 1. The van der Waals surface area contributed by atoms with Crippen LogP contribution < -0.4 is 5.32 Å². The summed E-state index contributed by atoms with van der Waals surface area (Å²) in [6, 6.07) is 8.90. The van der Waals surface area contributed by atoms with Crippen LogP contribution in [0.5, 0.6) is 0 Å². The molecule has 2 unspecified atom stereocenters. The van der Waals surface area contributed by atoms with Crippen LogP contribution in [-0.4, -0.2) is 61.1 Å². The van der Waals surface area contributed by atoms with Crippen molar-refractivity contribution in [1.82, 2.24) is 10.2 Å². The number of aliphatic carboxylic acids is 1. The van der Waals surface area contributed by atoms with Crippen LogP contribution in [0.3, 0.4) is 0 Å². The van der Waals surface area contributed by atoms with Crippen LogP contribution in [0.4, 0.5) is 4.79 Å². The molecule has 8 heteroatoms. The van der Waals surface area contributed by atoms with Crippen LogP contribution in [0.1, 0.15) is 31.2 Å². The summed E-state index contributed by atoms with van der Waals surface area (Å²) in [7, 11) is -3.19. The number of sulfone groups is 1. The summed E-state index contributed by atoms with van der Waals surface area (Å²) in [4.78, 5) is 25.0. The lowest BCUT2D eigenvalue weighted by Crippen LogP contribution is -2.51. The zero-order valence-electron chi connectivity index (χ0n) is 14.9. The number of nitrogens with one attached hydrogen (secondary N) is 1. The first-order valence-electron chi connectivity index (χ1n) is 8.75. The van der Waals surface area contributed by atoms with E-state index in [0.717, 1.165) is 5.56 Å². The second kappa shape index (κ2) is 9.02. The number of carbonyl (C=O) groups is 2. The van der Waals surface area contributed by atoms with E-state index in [2.05, 4.69) is 5.32 Å². The summed E-state index contributed by atoms with van der Waals surface area (Å²) in [5, 5.41) is 11.3. The number of nitrogens with zero attached hydrogens (tertiary/aromatic N) is 1. The quantitative estimate of drug-likeness (QED) is 0.747. The molecule has 2 N–H and O–H groups in total. The Morgan fingerprint density at radius 2 is 2.00 bits per heavy atom. The second-order valence-corrected chi connectivity index (χ2v) is 9.13. The van der Waals surface area contributed by atoms with E-state index in [1.807, 2.05) is 30.3 Å². The molecule has 0 saturated carbocycles. The van der Waals surface area contributed by atoms with E-state index in [-0.39, 0.29) is 25.0 Å². The van der Waals surface area contributed by atoms with Crippen molar-refractivity contribution in [2.75, 3.05) is 19.3 Å². The molecular weight excluding hydrogens is 356 g/mol. The molecule has 7 nitrogen and oxygen atoms in total. The van der Waals surface area contributed by atoms with E-state index in [1.54, 1.807) is 0 Å². The van der Waals surface area contributed by atoms with Crippen LogP contribution in [0.25, 0.3) is 0 Å². The second-order valence-electron chi connectivity index (χ2n) is 6.81. The monoisotopic (exact) mass is 382 g/mol. The maximum atomic E-state index is 12.6. The van der Waals surface area contributed by atoms with E-state index >= 15 is 0 Å². The number of rotatable bonds is 7. The zero-order chi connectivity index (χ0) is 19.2. The van der Waals surface area contributed by atoms with Gasteiger partial charge in [-0.15, -0.1) is 0 Å². The largest absolute Gasteiger partial charge is 0.481 e. The molecule has 0 radical (unpaired) electrons. The predicted octanol–water partition coefficient (Wildman–Crippen LogP) is 1.68. The number of carboxylic acids is 1. The van der Waals surface area contributed by atoms with Crippen LogP contribution >= 0.6 is 0 Å². The minimum absolute atomic E-state index is 0.0380. The average Bonchev–Trinajstić information content (AvgIpc) is 2.60. The van der Waals surface area contributed by atoms with Gasteiger partial charge in [0.25, 0.3) is 0 Å². The maximum Gasteiger partial charge on any atom is 0.317 e. The molecule has 1 fully saturated rings. The van der Waals surface area contributed by atoms with Gasteiger partial charge in [-0.25, -0.2) is 13.2 Å². The molecule has 1 heterocycles. The van der Waals surface area contributed by atoms with E-state index in [9.17, 15) is 18.0 Å². The molecular formula is C18H26N2O5S. The molecule has 2 amide bonds. The van der Waals surface area contributed by atoms with Crippen LogP contribution in [0.2, 0.25) is 0 Å². The SMILES string of the molecule is CS(=O)(=O)C1CCCN(C(=O)NC(CCC(=O)O)Cc2ccccc2)C1. The topological polar surface area (TPSA) is 104 Å². The van der Waals surface area contributed by atoms with Gasteiger partial charge in [0, 0.05) is 31.8 Å². The first-order valence-corrected chi connectivity index (χ1v) is 10.7. The summed E-state index contributed by atoms with van der Waals surface area (Å²) in [5.74, 6) is -0.910. The Morgan fingerprint density at radius 1 is 1.31 bits per heavy atom. The predicted molar refractivity (Wildman–Crippen MR) is 98.8 cm³/mol. The lowest BCUT2D eigenvalue weighted by Gasteiger charge is -2.33. The molecule has 0 aliphatic carbocycles. The summed E-state index contributed by atoms with van der Waals surface area (Å²) >= 11 is 0. The number of carbonyl (C=O) groups excluding carboxylic acids is 1. The fourth-order valence-electron chi connectivity index (χ4n) is 3.16. The summed E-state index contributed by atoms with van der Waals surface area (Å²) in [6.45, 7) is 0.691. The summed E-state index contributed by atoms with van der Waals surface area (Å²) in [5.41, 5.74) is 1.01. The average molecular weight is 382 g/mol. The number of hydrogen-bond donors (Lipinski definition) is 2. The van der Waals surface area contributed by atoms with Crippen molar-refractivity contribution in [2.45, 2.75) is 43.4 Å². The molecule has 2 rings (SSSR count). The van der Waals surface area contributed by atoms with Crippen molar-refractivity contribution < 1.29 is 23.1 Å². The number of benzene rings is 1. The fourth-order valence-corrected chi connectivity index (χ4v) is 4.21. The maximum absolute atomic E-state index is 12.6. The smallest absolute Gasteiger partial charge is 0.317 e. The van der Waals surface area contributed by atoms with Crippen LogP contribution in [0, 0.1) is 0 Å². The molecule has 0 aromatic heterocycles. The highest BCUT2D eigenvalue weighted by Gasteiger charge is 2.30. The van der Waals surface area contributed by atoms with Gasteiger partial charge < -0.3 is 15.3 Å². The summed E-state index contributed by atoms with van der Waals surface area (Å²) in [6.07, 6.45) is 3.22. The number of hydrogen-bond acceptors (Lipinski definition) is 4. The molecule has 2 atom stereocenters. The Kier molecular flexibility index (Phi) is 7.02. The third-order valence-corrected chi connectivity index (χ3v) is 6.23. The first-order chi connectivity index (χ1) is 12.3. The van der Waals surface area contributed by atoms with E-state index in [1.165, 1.54) is 11.2 Å². The van der Waals surface area contributed by atoms with E-state index in [0.29, 0.717) is 32.2 Å². The Morgan fingerprint density at radius 3 is 2.62 bits per heavy atom. The molecule has 0 bridgehead atoms.